The van der Waals surface area contributed by atoms with Crippen molar-refractivity contribution in [2.75, 3.05) is 13.1 Å². The second-order valence-electron chi connectivity index (χ2n) is 5.47. The van der Waals surface area contributed by atoms with Crippen molar-refractivity contribution in [2.24, 2.45) is 0 Å². The molecule has 0 radical (unpaired) electrons. The Hall–Kier alpha value is -1.94. The molecule has 1 aromatic carbocycles. The van der Waals surface area contributed by atoms with E-state index in [2.05, 4.69) is 17.0 Å². The summed E-state index contributed by atoms with van der Waals surface area (Å²) >= 11 is 0. The second-order valence-corrected chi connectivity index (χ2v) is 5.47. The summed E-state index contributed by atoms with van der Waals surface area (Å²) in [6.07, 6.45) is 3.16. The summed E-state index contributed by atoms with van der Waals surface area (Å²) in [7, 11) is 0. The molecule has 1 fully saturated rings. The lowest BCUT2D eigenvalue weighted by molar-refractivity contribution is 0.0806. The van der Waals surface area contributed by atoms with Gasteiger partial charge in [0.2, 0.25) is 11.5 Å². The first-order valence-electron chi connectivity index (χ1n) is 7.60. The van der Waals surface area contributed by atoms with Gasteiger partial charge in [0, 0.05) is 11.6 Å². The first-order valence-corrected chi connectivity index (χ1v) is 7.60. The van der Waals surface area contributed by atoms with Crippen molar-refractivity contribution < 1.29 is 9.32 Å². The van der Waals surface area contributed by atoms with E-state index in [1.54, 1.807) is 6.07 Å². The molecule has 3 rings (SSSR count). The predicted molar refractivity (Wildman–Crippen MR) is 81.2 cm³/mol. The lowest BCUT2D eigenvalue weighted by Crippen LogP contribution is -2.38. The molecule has 0 N–H and O–H groups in total. The summed E-state index contributed by atoms with van der Waals surface area (Å²) in [5, 5.41) is 4.04. The van der Waals surface area contributed by atoms with Crippen molar-refractivity contribution in [2.45, 2.75) is 32.2 Å². The van der Waals surface area contributed by atoms with Gasteiger partial charge in [0.25, 0.3) is 0 Å². The summed E-state index contributed by atoms with van der Waals surface area (Å²) in [6.45, 7) is 4.06. The molecule has 0 amide bonds. The van der Waals surface area contributed by atoms with Gasteiger partial charge in [0.15, 0.2) is 0 Å². The van der Waals surface area contributed by atoms with Gasteiger partial charge >= 0.3 is 0 Å². The number of aromatic nitrogens is 1. The predicted octanol–water partition coefficient (Wildman–Crippen LogP) is 3.40. The quantitative estimate of drug-likeness (QED) is 0.789. The number of nitrogens with zero attached hydrogens (tertiary/aromatic N) is 2. The zero-order chi connectivity index (χ0) is 14.7. The fraction of sp³-hybridized carbons (Fsp3) is 0.412. The number of carbonyl (C=O) groups is 1. The van der Waals surface area contributed by atoms with Gasteiger partial charge in [-0.3, -0.25) is 9.69 Å². The molecule has 4 heteroatoms. The Morgan fingerprint density at radius 3 is 2.67 bits per heavy atom. The van der Waals surface area contributed by atoms with Gasteiger partial charge < -0.3 is 4.52 Å². The standard InChI is InChI=1S/C17H20N2O2/c1-2-15(19-10-6-7-11-19)17(20)16-12-14(18-21-16)13-8-4-3-5-9-13/h3-5,8-9,12,15H,2,6-7,10-11H2,1H3. The van der Waals surface area contributed by atoms with Crippen LogP contribution in [0.4, 0.5) is 0 Å². The Morgan fingerprint density at radius 2 is 2.00 bits per heavy atom. The van der Waals surface area contributed by atoms with E-state index in [-0.39, 0.29) is 11.8 Å². The zero-order valence-electron chi connectivity index (χ0n) is 12.3. The summed E-state index contributed by atoms with van der Waals surface area (Å²) in [5.41, 5.74) is 1.68. The minimum atomic E-state index is -0.0796. The zero-order valence-corrected chi connectivity index (χ0v) is 12.3. The SMILES string of the molecule is CCC(C(=O)c1cc(-c2ccccc2)no1)N1CCCC1. The fourth-order valence-electron chi connectivity index (χ4n) is 2.96. The van der Waals surface area contributed by atoms with E-state index in [0.717, 1.165) is 30.8 Å². The number of hydrogen-bond donors (Lipinski definition) is 0. The maximum absolute atomic E-state index is 12.6. The summed E-state index contributed by atoms with van der Waals surface area (Å²) in [6, 6.07) is 11.5. The normalized spacial score (nSPS) is 17.0. The number of ketones is 1. The largest absolute Gasteiger partial charge is 0.352 e. The molecular formula is C17H20N2O2. The highest BCUT2D eigenvalue weighted by Gasteiger charge is 2.29. The highest BCUT2D eigenvalue weighted by atomic mass is 16.5. The molecule has 4 nitrogen and oxygen atoms in total. The molecule has 0 spiro atoms. The first-order chi connectivity index (χ1) is 10.3. The number of hydrogen-bond acceptors (Lipinski definition) is 4. The Labute approximate surface area is 124 Å². The maximum Gasteiger partial charge on any atom is 0.217 e. The molecule has 110 valence electrons. The average molecular weight is 284 g/mol. The summed E-state index contributed by atoms with van der Waals surface area (Å²) in [5.74, 6) is 0.418. The van der Waals surface area contributed by atoms with E-state index in [0.29, 0.717) is 5.76 Å². The number of Topliss-reactive ketones (excluding diaryl/α,β-unsaturated/α-hetero) is 1. The van der Waals surface area contributed by atoms with Gasteiger partial charge in [-0.05, 0) is 32.4 Å². The van der Waals surface area contributed by atoms with E-state index in [1.165, 1.54) is 12.8 Å². The molecule has 0 saturated carbocycles. The Balaban J connectivity index is 1.80. The first kappa shape index (κ1) is 14.0. The van der Waals surface area contributed by atoms with Crippen LogP contribution in [-0.2, 0) is 0 Å². The van der Waals surface area contributed by atoms with Crippen molar-refractivity contribution in [1.82, 2.24) is 10.1 Å². The van der Waals surface area contributed by atoms with Crippen molar-refractivity contribution in [1.29, 1.82) is 0 Å². The van der Waals surface area contributed by atoms with Crippen LogP contribution < -0.4 is 0 Å². The van der Waals surface area contributed by atoms with Gasteiger partial charge in [-0.25, -0.2) is 0 Å². The van der Waals surface area contributed by atoms with Gasteiger partial charge in [-0.15, -0.1) is 0 Å². The van der Waals surface area contributed by atoms with E-state index in [1.807, 2.05) is 30.3 Å². The van der Waals surface area contributed by atoms with Crippen molar-refractivity contribution in [3.63, 3.8) is 0 Å². The number of carbonyl (C=O) groups excluding carboxylic acids is 1. The van der Waals surface area contributed by atoms with E-state index < -0.39 is 0 Å². The molecule has 0 aliphatic carbocycles. The lowest BCUT2D eigenvalue weighted by Gasteiger charge is -2.23. The summed E-state index contributed by atoms with van der Waals surface area (Å²) in [4.78, 5) is 14.9. The van der Waals surface area contributed by atoms with Gasteiger partial charge in [-0.1, -0.05) is 42.4 Å². The van der Waals surface area contributed by atoms with E-state index >= 15 is 0 Å². The van der Waals surface area contributed by atoms with Crippen LogP contribution in [0, 0.1) is 0 Å². The van der Waals surface area contributed by atoms with Crippen LogP contribution >= 0.6 is 0 Å². The molecule has 1 saturated heterocycles. The molecule has 21 heavy (non-hydrogen) atoms. The molecule has 1 aliphatic rings. The minimum absolute atomic E-state index is 0.0501. The van der Waals surface area contributed by atoms with Gasteiger partial charge in [0.05, 0.1) is 6.04 Å². The highest BCUT2D eigenvalue weighted by molar-refractivity contribution is 5.98. The summed E-state index contributed by atoms with van der Waals surface area (Å²) < 4.78 is 5.30. The Kier molecular flexibility index (Phi) is 4.15. The highest BCUT2D eigenvalue weighted by Crippen LogP contribution is 2.22. The van der Waals surface area contributed by atoms with Gasteiger partial charge in [0.1, 0.15) is 5.69 Å². The average Bonchev–Trinajstić information content (AvgIpc) is 3.20. The van der Waals surface area contributed by atoms with Crippen molar-refractivity contribution in [3.05, 3.63) is 42.2 Å². The maximum atomic E-state index is 12.6. The van der Waals surface area contributed by atoms with Crippen LogP contribution in [0.15, 0.2) is 40.9 Å². The molecular weight excluding hydrogens is 264 g/mol. The Morgan fingerprint density at radius 1 is 1.29 bits per heavy atom. The second kappa shape index (κ2) is 6.22. The molecule has 1 atom stereocenters. The third-order valence-electron chi connectivity index (χ3n) is 4.09. The van der Waals surface area contributed by atoms with Crippen molar-refractivity contribution >= 4 is 5.78 Å². The molecule has 0 bridgehead atoms. The Bertz CT molecular complexity index is 600. The number of rotatable bonds is 5. The smallest absolute Gasteiger partial charge is 0.217 e. The number of likely N-dealkylation sites (tertiary alicyclic amines) is 1. The third kappa shape index (κ3) is 2.90. The minimum Gasteiger partial charge on any atom is -0.352 e. The lowest BCUT2D eigenvalue weighted by atomic mass is 10.1. The van der Waals surface area contributed by atoms with Crippen LogP contribution in [0.2, 0.25) is 0 Å². The van der Waals surface area contributed by atoms with Gasteiger partial charge in [-0.2, -0.15) is 0 Å². The molecule has 1 aromatic heterocycles. The third-order valence-corrected chi connectivity index (χ3v) is 4.09. The monoisotopic (exact) mass is 284 g/mol. The molecule has 2 heterocycles. The number of benzene rings is 1. The van der Waals surface area contributed by atoms with Crippen LogP contribution in [0.1, 0.15) is 36.7 Å². The molecule has 1 aliphatic heterocycles. The van der Waals surface area contributed by atoms with E-state index in [4.69, 9.17) is 4.52 Å². The van der Waals surface area contributed by atoms with E-state index in [9.17, 15) is 4.79 Å². The van der Waals surface area contributed by atoms with Crippen LogP contribution in [-0.4, -0.2) is 35.0 Å². The topological polar surface area (TPSA) is 46.3 Å². The van der Waals surface area contributed by atoms with Crippen molar-refractivity contribution in [3.8, 4) is 11.3 Å². The van der Waals surface area contributed by atoms with Crippen LogP contribution in [0.25, 0.3) is 11.3 Å². The van der Waals surface area contributed by atoms with Crippen LogP contribution in [0.5, 0.6) is 0 Å². The fourth-order valence-corrected chi connectivity index (χ4v) is 2.96. The molecule has 2 aromatic rings. The van der Waals surface area contributed by atoms with Crippen LogP contribution in [0.3, 0.4) is 0 Å². The molecule has 1 unspecified atom stereocenters.